The fourth-order valence-electron chi connectivity index (χ4n) is 1.25. The number of nitro benzene ring substituents is 1. The van der Waals surface area contributed by atoms with Crippen molar-refractivity contribution in [1.82, 2.24) is 5.32 Å². The molecule has 6 nitrogen and oxygen atoms in total. The van der Waals surface area contributed by atoms with Gasteiger partial charge in [-0.2, -0.15) is 0 Å². The van der Waals surface area contributed by atoms with Gasteiger partial charge in [-0.25, -0.2) is 0 Å². The first kappa shape index (κ1) is 12.9. The molecule has 0 bridgehead atoms. The van der Waals surface area contributed by atoms with Crippen molar-refractivity contribution >= 4 is 21.6 Å². The second kappa shape index (κ2) is 5.24. The molecule has 7 heteroatoms. The second-order valence-corrected chi connectivity index (χ2v) is 4.06. The van der Waals surface area contributed by atoms with Gasteiger partial charge in [0.2, 0.25) is 5.75 Å². The van der Waals surface area contributed by atoms with Crippen LogP contribution in [0.2, 0.25) is 0 Å². The molecule has 0 radical (unpaired) electrons. The summed E-state index contributed by atoms with van der Waals surface area (Å²) in [4.78, 5) is 9.94. The lowest BCUT2D eigenvalue weighted by Gasteiger charge is -2.11. The molecule has 0 saturated carbocycles. The molecule has 88 valence electrons. The van der Waals surface area contributed by atoms with Gasteiger partial charge in [-0.05, 0) is 34.6 Å². The minimum absolute atomic E-state index is 0.187. The number of halogens is 1. The van der Waals surface area contributed by atoms with E-state index in [9.17, 15) is 20.3 Å². The van der Waals surface area contributed by atoms with Crippen LogP contribution in [0.15, 0.2) is 16.6 Å². The number of benzene rings is 1. The van der Waals surface area contributed by atoms with Gasteiger partial charge in [0.05, 0.1) is 15.5 Å². The summed E-state index contributed by atoms with van der Waals surface area (Å²) < 4.78 is 0.187. The van der Waals surface area contributed by atoms with Gasteiger partial charge in [0.1, 0.15) is 0 Å². The first-order valence-electron chi connectivity index (χ1n) is 4.46. The van der Waals surface area contributed by atoms with Crippen molar-refractivity contribution < 1.29 is 15.1 Å². The summed E-state index contributed by atoms with van der Waals surface area (Å²) in [6.45, 7) is 0.272. The van der Waals surface area contributed by atoms with Crippen molar-refractivity contribution in [2.24, 2.45) is 0 Å². The summed E-state index contributed by atoms with van der Waals surface area (Å²) in [6.07, 6.45) is -0.861. The van der Waals surface area contributed by atoms with Crippen LogP contribution in [0.3, 0.4) is 0 Å². The quantitative estimate of drug-likeness (QED) is 0.574. The standard InChI is InChI=1S/C9H11BrN2O4/c1-11-4-8(13)5-2-6(10)9(14)7(3-5)12(15)16/h2-3,8,11,13-14H,4H2,1H3. The molecule has 0 aliphatic rings. The van der Waals surface area contributed by atoms with Crippen LogP contribution in [0.1, 0.15) is 11.7 Å². The van der Waals surface area contributed by atoms with Crippen LogP contribution in [0, 0.1) is 10.1 Å². The molecule has 1 atom stereocenters. The first-order chi connectivity index (χ1) is 7.47. The van der Waals surface area contributed by atoms with Gasteiger partial charge in [-0.3, -0.25) is 10.1 Å². The highest BCUT2D eigenvalue weighted by Gasteiger charge is 2.20. The van der Waals surface area contributed by atoms with Crippen LogP contribution in [-0.2, 0) is 0 Å². The zero-order valence-corrected chi connectivity index (χ0v) is 10.1. The number of hydrogen-bond acceptors (Lipinski definition) is 5. The zero-order valence-electron chi connectivity index (χ0n) is 8.48. The molecule has 0 aromatic heterocycles. The highest BCUT2D eigenvalue weighted by molar-refractivity contribution is 9.10. The normalized spacial score (nSPS) is 12.4. The average molecular weight is 291 g/mol. The Hall–Kier alpha value is -1.18. The smallest absolute Gasteiger partial charge is 0.312 e. The van der Waals surface area contributed by atoms with Gasteiger partial charge in [0.15, 0.2) is 0 Å². The molecule has 0 heterocycles. The number of rotatable bonds is 4. The fraction of sp³-hybridized carbons (Fsp3) is 0.333. The molecule has 16 heavy (non-hydrogen) atoms. The molecule has 0 saturated heterocycles. The van der Waals surface area contributed by atoms with E-state index in [0.717, 1.165) is 6.07 Å². The monoisotopic (exact) mass is 290 g/mol. The first-order valence-corrected chi connectivity index (χ1v) is 5.26. The van der Waals surface area contributed by atoms with Crippen LogP contribution in [0.5, 0.6) is 5.75 Å². The van der Waals surface area contributed by atoms with Crippen molar-refractivity contribution in [2.45, 2.75) is 6.10 Å². The van der Waals surface area contributed by atoms with Crippen LogP contribution >= 0.6 is 15.9 Å². The molecular weight excluding hydrogens is 280 g/mol. The summed E-state index contributed by atoms with van der Waals surface area (Å²) in [5.41, 5.74) is -0.0646. The molecule has 1 rings (SSSR count). The number of phenols is 1. The van der Waals surface area contributed by atoms with Crippen LogP contribution in [-0.4, -0.2) is 28.7 Å². The average Bonchev–Trinajstić information content (AvgIpc) is 2.21. The van der Waals surface area contributed by atoms with E-state index in [0.29, 0.717) is 5.56 Å². The minimum Gasteiger partial charge on any atom is -0.501 e. The number of nitrogens with one attached hydrogen (secondary N) is 1. The van der Waals surface area contributed by atoms with Crippen LogP contribution in [0.25, 0.3) is 0 Å². The van der Waals surface area contributed by atoms with Crippen molar-refractivity contribution in [3.63, 3.8) is 0 Å². The van der Waals surface area contributed by atoms with E-state index in [4.69, 9.17) is 0 Å². The Morgan fingerprint density at radius 3 is 2.75 bits per heavy atom. The lowest BCUT2D eigenvalue weighted by atomic mass is 10.1. The molecule has 0 amide bonds. The van der Waals surface area contributed by atoms with Crippen molar-refractivity contribution in [3.05, 3.63) is 32.3 Å². The summed E-state index contributed by atoms with van der Waals surface area (Å²) in [5.74, 6) is -0.439. The van der Waals surface area contributed by atoms with Gasteiger partial charge in [-0.1, -0.05) is 0 Å². The molecule has 0 fully saturated rings. The maximum Gasteiger partial charge on any atom is 0.312 e. The molecule has 1 unspecified atom stereocenters. The van der Waals surface area contributed by atoms with Gasteiger partial charge in [-0.15, -0.1) is 0 Å². The molecule has 1 aromatic rings. The van der Waals surface area contributed by atoms with Crippen LogP contribution < -0.4 is 5.32 Å². The lowest BCUT2D eigenvalue weighted by Crippen LogP contribution is -2.16. The van der Waals surface area contributed by atoms with Gasteiger partial charge in [0.25, 0.3) is 0 Å². The Balaban J connectivity index is 3.18. The number of likely N-dealkylation sites (N-methyl/N-ethyl adjacent to an activating group) is 1. The Morgan fingerprint density at radius 2 is 2.25 bits per heavy atom. The Kier molecular flexibility index (Phi) is 4.22. The van der Waals surface area contributed by atoms with Gasteiger partial charge >= 0.3 is 5.69 Å². The highest BCUT2D eigenvalue weighted by Crippen LogP contribution is 2.36. The van der Waals surface area contributed by atoms with Gasteiger partial charge < -0.3 is 15.5 Å². The fourth-order valence-corrected chi connectivity index (χ4v) is 1.72. The topological polar surface area (TPSA) is 95.6 Å². The minimum atomic E-state index is -0.861. The third-order valence-electron chi connectivity index (χ3n) is 2.04. The SMILES string of the molecule is CNCC(O)c1cc(Br)c(O)c([N+](=O)[O-])c1. The molecule has 3 N–H and O–H groups in total. The number of aliphatic hydroxyl groups excluding tert-OH is 1. The Bertz CT molecular complexity index is 411. The van der Waals surface area contributed by atoms with Gasteiger partial charge in [0, 0.05) is 12.6 Å². The number of phenolic OH excluding ortho intramolecular Hbond substituents is 1. The van der Waals surface area contributed by atoms with E-state index >= 15 is 0 Å². The highest BCUT2D eigenvalue weighted by atomic mass is 79.9. The maximum atomic E-state index is 10.6. The Morgan fingerprint density at radius 1 is 1.62 bits per heavy atom. The van der Waals surface area contributed by atoms with E-state index in [1.165, 1.54) is 6.07 Å². The molecule has 1 aromatic carbocycles. The third-order valence-corrected chi connectivity index (χ3v) is 2.65. The Labute approximate surface area is 100 Å². The number of aromatic hydroxyl groups is 1. The summed E-state index contributed by atoms with van der Waals surface area (Å²) >= 11 is 3.00. The molecule has 0 aliphatic carbocycles. The number of nitro groups is 1. The molecule has 0 aliphatic heterocycles. The molecular formula is C9H11BrN2O4. The largest absolute Gasteiger partial charge is 0.501 e. The second-order valence-electron chi connectivity index (χ2n) is 3.20. The van der Waals surface area contributed by atoms with Crippen LogP contribution in [0.4, 0.5) is 5.69 Å². The number of nitrogens with zero attached hydrogens (tertiary/aromatic N) is 1. The van der Waals surface area contributed by atoms with E-state index in [1.807, 2.05) is 0 Å². The third kappa shape index (κ3) is 2.69. The summed E-state index contributed by atoms with van der Waals surface area (Å²) in [7, 11) is 1.66. The maximum absolute atomic E-state index is 10.6. The lowest BCUT2D eigenvalue weighted by molar-refractivity contribution is -0.386. The summed E-state index contributed by atoms with van der Waals surface area (Å²) in [6, 6.07) is 2.60. The van der Waals surface area contributed by atoms with E-state index in [2.05, 4.69) is 21.2 Å². The number of aliphatic hydroxyl groups is 1. The van der Waals surface area contributed by atoms with Crippen molar-refractivity contribution in [1.29, 1.82) is 0 Å². The predicted molar refractivity (Wildman–Crippen MR) is 61.3 cm³/mol. The van der Waals surface area contributed by atoms with E-state index < -0.39 is 22.5 Å². The number of hydrogen-bond donors (Lipinski definition) is 3. The van der Waals surface area contributed by atoms with E-state index in [-0.39, 0.29) is 11.0 Å². The predicted octanol–water partition coefficient (Wildman–Crippen LogP) is 1.32. The van der Waals surface area contributed by atoms with Crippen molar-refractivity contribution in [3.8, 4) is 5.75 Å². The zero-order chi connectivity index (χ0) is 12.3. The van der Waals surface area contributed by atoms with E-state index in [1.54, 1.807) is 7.05 Å². The summed E-state index contributed by atoms with van der Waals surface area (Å²) in [5, 5.41) is 32.5. The van der Waals surface area contributed by atoms with Crippen molar-refractivity contribution in [2.75, 3.05) is 13.6 Å². The molecule has 0 spiro atoms.